The van der Waals surface area contributed by atoms with Gasteiger partial charge in [-0.05, 0) is 57.4 Å². The third kappa shape index (κ3) is 4.23. The Bertz CT molecular complexity index is 1140. The number of aryl methyl sites for hydroxylation is 3. The minimum atomic E-state index is -0.749. The van der Waals surface area contributed by atoms with Crippen molar-refractivity contribution in [2.75, 3.05) is 23.3 Å². The van der Waals surface area contributed by atoms with E-state index in [1.54, 1.807) is 0 Å². The quantitative estimate of drug-likeness (QED) is 0.626. The second-order valence-electron chi connectivity index (χ2n) is 8.40. The van der Waals surface area contributed by atoms with Crippen molar-refractivity contribution in [1.29, 1.82) is 0 Å². The molecule has 0 aliphatic carbocycles. The van der Waals surface area contributed by atoms with Crippen LogP contribution in [0, 0.1) is 26.7 Å². The average Bonchev–Trinajstić information content (AvgIpc) is 3.10. The van der Waals surface area contributed by atoms with Crippen molar-refractivity contribution in [3.05, 3.63) is 70.9 Å². The molecule has 0 spiro atoms. The molecule has 1 aliphatic heterocycles. The van der Waals surface area contributed by atoms with E-state index in [-0.39, 0.29) is 11.8 Å². The summed E-state index contributed by atoms with van der Waals surface area (Å²) in [6.45, 7) is 7.06. The number of benzene rings is 2. The maximum Gasteiger partial charge on any atom is 0.306 e. The van der Waals surface area contributed by atoms with Gasteiger partial charge in [0.2, 0.25) is 0 Å². The summed E-state index contributed by atoms with van der Waals surface area (Å²) >= 11 is 0. The van der Waals surface area contributed by atoms with Gasteiger partial charge in [0.25, 0.3) is 5.91 Å². The zero-order chi connectivity index (χ0) is 22.8. The van der Waals surface area contributed by atoms with Crippen molar-refractivity contribution >= 4 is 23.4 Å². The van der Waals surface area contributed by atoms with Gasteiger partial charge in [0, 0.05) is 18.7 Å². The van der Waals surface area contributed by atoms with Crippen molar-refractivity contribution in [3.8, 4) is 5.69 Å². The molecule has 7 heteroatoms. The number of aliphatic carboxylic acids is 1. The SMILES string of the molecule is Cc1ccc(C(=O)Nc2c(C)nn(-c3ccccc3C)c2N2CCC(C(=O)O)CC2)cc1. The number of aromatic nitrogens is 2. The third-order valence-corrected chi connectivity index (χ3v) is 6.08. The lowest BCUT2D eigenvalue weighted by molar-refractivity contribution is -0.142. The van der Waals surface area contributed by atoms with E-state index < -0.39 is 5.97 Å². The van der Waals surface area contributed by atoms with Gasteiger partial charge in [-0.25, -0.2) is 4.68 Å². The number of amides is 1. The van der Waals surface area contributed by atoms with Gasteiger partial charge in [-0.3, -0.25) is 9.59 Å². The molecule has 2 heterocycles. The molecule has 0 saturated carbocycles. The zero-order valence-corrected chi connectivity index (χ0v) is 18.6. The Kier molecular flexibility index (Phi) is 5.99. The van der Waals surface area contributed by atoms with Gasteiger partial charge >= 0.3 is 5.97 Å². The summed E-state index contributed by atoms with van der Waals surface area (Å²) in [4.78, 5) is 26.6. The number of hydrogen-bond acceptors (Lipinski definition) is 4. The van der Waals surface area contributed by atoms with E-state index in [2.05, 4.69) is 10.2 Å². The van der Waals surface area contributed by atoms with E-state index in [4.69, 9.17) is 5.10 Å². The summed E-state index contributed by atoms with van der Waals surface area (Å²) in [7, 11) is 0. The van der Waals surface area contributed by atoms with Gasteiger partial charge in [0.1, 0.15) is 5.69 Å². The number of para-hydroxylation sites is 1. The van der Waals surface area contributed by atoms with Crippen molar-refractivity contribution in [2.45, 2.75) is 33.6 Å². The van der Waals surface area contributed by atoms with E-state index in [1.807, 2.05) is 74.0 Å². The normalized spacial score (nSPS) is 14.4. The maximum atomic E-state index is 13.0. The van der Waals surface area contributed by atoms with E-state index in [0.29, 0.717) is 42.9 Å². The number of carbonyl (C=O) groups is 2. The smallest absolute Gasteiger partial charge is 0.306 e. The van der Waals surface area contributed by atoms with E-state index in [0.717, 1.165) is 22.6 Å². The third-order valence-electron chi connectivity index (χ3n) is 6.08. The molecule has 4 rings (SSSR count). The van der Waals surface area contributed by atoms with Crippen LogP contribution >= 0.6 is 0 Å². The number of piperidine rings is 1. The summed E-state index contributed by atoms with van der Waals surface area (Å²) in [5, 5.41) is 17.2. The van der Waals surface area contributed by atoms with Crippen LogP contribution in [0.4, 0.5) is 11.5 Å². The van der Waals surface area contributed by atoms with E-state index in [9.17, 15) is 14.7 Å². The molecule has 1 saturated heterocycles. The number of nitrogens with zero attached hydrogens (tertiary/aromatic N) is 3. The fourth-order valence-corrected chi connectivity index (χ4v) is 4.15. The number of hydrogen-bond donors (Lipinski definition) is 2. The van der Waals surface area contributed by atoms with Crippen LogP contribution in [0.15, 0.2) is 48.5 Å². The highest BCUT2D eigenvalue weighted by Gasteiger charge is 2.30. The van der Waals surface area contributed by atoms with Crippen molar-refractivity contribution in [1.82, 2.24) is 9.78 Å². The van der Waals surface area contributed by atoms with Crippen LogP contribution in [0.3, 0.4) is 0 Å². The van der Waals surface area contributed by atoms with Gasteiger partial charge in [0.15, 0.2) is 5.82 Å². The number of anilines is 2. The van der Waals surface area contributed by atoms with Gasteiger partial charge in [-0.1, -0.05) is 35.9 Å². The summed E-state index contributed by atoms with van der Waals surface area (Å²) < 4.78 is 1.87. The molecule has 1 aliphatic rings. The molecule has 0 bridgehead atoms. The molecule has 166 valence electrons. The molecule has 2 N–H and O–H groups in total. The molecule has 7 nitrogen and oxygen atoms in total. The van der Waals surface area contributed by atoms with Crippen LogP contribution in [0.5, 0.6) is 0 Å². The molecule has 0 radical (unpaired) electrons. The molecule has 0 atom stereocenters. The standard InChI is InChI=1S/C25H28N4O3/c1-16-8-10-19(11-9-16)23(30)26-22-18(3)27-29(21-7-5-4-6-17(21)2)24(22)28-14-12-20(13-15-28)25(31)32/h4-11,20H,12-15H2,1-3H3,(H,26,30)(H,31,32). The Morgan fingerprint density at radius 3 is 2.28 bits per heavy atom. The van der Waals surface area contributed by atoms with Crippen molar-refractivity contribution in [3.63, 3.8) is 0 Å². The summed E-state index contributed by atoms with van der Waals surface area (Å²) in [5.41, 5.74) is 5.04. The number of carboxylic acid groups (broad SMARTS) is 1. The van der Waals surface area contributed by atoms with Gasteiger partial charge in [0.05, 0.1) is 17.3 Å². The van der Waals surface area contributed by atoms with Gasteiger partial charge in [-0.2, -0.15) is 5.10 Å². The monoisotopic (exact) mass is 432 g/mol. The Hall–Kier alpha value is -3.61. The van der Waals surface area contributed by atoms with E-state index >= 15 is 0 Å². The fourth-order valence-electron chi connectivity index (χ4n) is 4.15. The number of carboxylic acids is 1. The Labute approximate surface area is 187 Å². The Morgan fingerprint density at radius 2 is 1.66 bits per heavy atom. The zero-order valence-electron chi connectivity index (χ0n) is 18.6. The molecule has 2 aromatic carbocycles. The minimum Gasteiger partial charge on any atom is -0.481 e. The maximum absolute atomic E-state index is 13.0. The first-order chi connectivity index (χ1) is 15.3. The lowest BCUT2D eigenvalue weighted by Crippen LogP contribution is -2.38. The number of rotatable bonds is 5. The van der Waals surface area contributed by atoms with E-state index in [1.165, 1.54) is 0 Å². The first-order valence-corrected chi connectivity index (χ1v) is 10.9. The van der Waals surface area contributed by atoms with Crippen LogP contribution in [0.1, 0.15) is 40.0 Å². The highest BCUT2D eigenvalue weighted by molar-refractivity contribution is 6.06. The lowest BCUT2D eigenvalue weighted by atomic mass is 9.97. The molecule has 1 fully saturated rings. The van der Waals surface area contributed by atoms with Crippen LogP contribution < -0.4 is 10.2 Å². The second-order valence-corrected chi connectivity index (χ2v) is 8.40. The van der Waals surface area contributed by atoms with Crippen LogP contribution in [-0.4, -0.2) is 39.9 Å². The highest BCUT2D eigenvalue weighted by Crippen LogP contribution is 2.35. The first kappa shape index (κ1) is 21.6. The first-order valence-electron chi connectivity index (χ1n) is 10.9. The molecular weight excluding hydrogens is 404 g/mol. The summed E-state index contributed by atoms with van der Waals surface area (Å²) in [6.07, 6.45) is 1.11. The minimum absolute atomic E-state index is 0.195. The highest BCUT2D eigenvalue weighted by atomic mass is 16.4. The molecule has 1 aromatic heterocycles. The molecular formula is C25H28N4O3. The summed E-state index contributed by atoms with van der Waals surface area (Å²) in [5.74, 6) is -0.492. The Morgan fingerprint density at radius 1 is 1.00 bits per heavy atom. The molecule has 3 aromatic rings. The predicted molar refractivity (Wildman–Crippen MR) is 125 cm³/mol. The fraction of sp³-hybridized carbons (Fsp3) is 0.320. The van der Waals surface area contributed by atoms with Crippen LogP contribution in [-0.2, 0) is 4.79 Å². The summed E-state index contributed by atoms with van der Waals surface area (Å²) in [6, 6.07) is 15.4. The number of carbonyl (C=O) groups excluding carboxylic acids is 1. The van der Waals surface area contributed by atoms with Crippen molar-refractivity contribution < 1.29 is 14.7 Å². The lowest BCUT2D eigenvalue weighted by Gasteiger charge is -2.33. The van der Waals surface area contributed by atoms with Crippen molar-refractivity contribution in [2.24, 2.45) is 5.92 Å². The van der Waals surface area contributed by atoms with Gasteiger partial charge in [-0.15, -0.1) is 0 Å². The number of nitrogens with one attached hydrogen (secondary N) is 1. The molecule has 32 heavy (non-hydrogen) atoms. The molecule has 1 amide bonds. The predicted octanol–water partition coefficient (Wildman–Crippen LogP) is 4.35. The average molecular weight is 433 g/mol. The van der Waals surface area contributed by atoms with Gasteiger partial charge < -0.3 is 15.3 Å². The Balaban J connectivity index is 1.74. The van der Waals surface area contributed by atoms with Crippen LogP contribution in [0.2, 0.25) is 0 Å². The van der Waals surface area contributed by atoms with Crippen LogP contribution in [0.25, 0.3) is 5.69 Å². The topological polar surface area (TPSA) is 87.5 Å². The second kappa shape index (κ2) is 8.86. The molecule has 0 unspecified atom stereocenters. The largest absolute Gasteiger partial charge is 0.481 e.